The van der Waals surface area contributed by atoms with Crippen LogP contribution < -0.4 is 10.6 Å². The predicted octanol–water partition coefficient (Wildman–Crippen LogP) is 3.27. The molecule has 0 radical (unpaired) electrons. The number of urea groups is 1. The van der Waals surface area contributed by atoms with Gasteiger partial charge >= 0.3 is 6.03 Å². The third-order valence-corrected chi connectivity index (χ3v) is 5.84. The fourth-order valence-corrected chi connectivity index (χ4v) is 4.29. The maximum Gasteiger partial charge on any atom is 0.319 e. The zero-order chi connectivity index (χ0) is 22.1. The lowest BCUT2D eigenvalue weighted by Crippen LogP contribution is -2.48. The number of aliphatic hydroxyl groups is 1. The molecule has 0 spiro atoms. The molecule has 2 aromatic carbocycles. The lowest BCUT2D eigenvalue weighted by molar-refractivity contribution is 0.0864. The molecule has 1 fully saturated rings. The first-order valence-corrected chi connectivity index (χ1v) is 10.8. The largest absolute Gasteiger partial charge is 0.391 e. The van der Waals surface area contributed by atoms with E-state index >= 15 is 0 Å². The molecule has 4 aromatic rings. The summed E-state index contributed by atoms with van der Waals surface area (Å²) in [4.78, 5) is 25.1. The van der Waals surface area contributed by atoms with Gasteiger partial charge in [0.1, 0.15) is 11.6 Å². The van der Waals surface area contributed by atoms with Gasteiger partial charge in [-0.25, -0.2) is 14.8 Å². The Hall–Kier alpha value is -3.72. The van der Waals surface area contributed by atoms with Gasteiger partial charge in [-0.1, -0.05) is 30.3 Å². The summed E-state index contributed by atoms with van der Waals surface area (Å²) in [5.74, 6) is 2.07. The van der Waals surface area contributed by atoms with Crippen LogP contribution in [0.5, 0.6) is 0 Å². The number of para-hydroxylation sites is 3. The molecule has 4 N–H and O–H groups in total. The number of benzene rings is 2. The maximum absolute atomic E-state index is 12.5. The average molecular weight is 432 g/mol. The molecule has 1 aliphatic carbocycles. The smallest absolute Gasteiger partial charge is 0.319 e. The molecule has 1 aliphatic rings. The number of nitrogens with one attached hydrogen (secondary N) is 3. The summed E-state index contributed by atoms with van der Waals surface area (Å²) in [6, 6.07) is 16.3. The van der Waals surface area contributed by atoms with Crippen LogP contribution in [-0.2, 0) is 0 Å². The number of aliphatic hydroxyl groups excluding tert-OH is 1. The van der Waals surface area contributed by atoms with Crippen molar-refractivity contribution in [2.75, 3.05) is 5.32 Å². The van der Waals surface area contributed by atoms with Crippen molar-refractivity contribution >= 4 is 22.8 Å². The number of aryl methyl sites for hydroxylation is 1. The summed E-state index contributed by atoms with van der Waals surface area (Å²) in [7, 11) is 0. The second-order valence-corrected chi connectivity index (χ2v) is 8.15. The van der Waals surface area contributed by atoms with Gasteiger partial charge in [0.05, 0.1) is 23.2 Å². The number of aromatic nitrogens is 5. The van der Waals surface area contributed by atoms with Crippen LogP contribution in [0.15, 0.2) is 54.6 Å². The Bertz CT molecular complexity index is 1200. The number of carbonyl (C=O) groups is 1. The predicted molar refractivity (Wildman–Crippen MR) is 121 cm³/mol. The minimum absolute atomic E-state index is 0.0230. The molecular formula is C23H25N7O2. The average Bonchev–Trinajstić information content (AvgIpc) is 3.39. The topological polar surface area (TPSA) is 121 Å². The fourth-order valence-electron chi connectivity index (χ4n) is 4.29. The number of anilines is 1. The number of rotatable bonds is 4. The van der Waals surface area contributed by atoms with E-state index < -0.39 is 12.1 Å². The van der Waals surface area contributed by atoms with Crippen LogP contribution in [0.25, 0.3) is 17.0 Å². The number of aromatic amines is 1. The first-order valence-electron chi connectivity index (χ1n) is 10.8. The fraction of sp³-hybridized carbons (Fsp3) is 0.304. The number of amides is 2. The van der Waals surface area contributed by atoms with Gasteiger partial charge in [0, 0.05) is 11.6 Å². The van der Waals surface area contributed by atoms with Crippen LogP contribution in [0, 0.1) is 6.92 Å². The van der Waals surface area contributed by atoms with E-state index in [9.17, 15) is 9.90 Å². The third kappa shape index (κ3) is 4.06. The second-order valence-electron chi connectivity index (χ2n) is 8.15. The molecule has 164 valence electrons. The van der Waals surface area contributed by atoms with Crippen molar-refractivity contribution in [3.63, 3.8) is 0 Å². The van der Waals surface area contributed by atoms with Crippen LogP contribution in [0.2, 0.25) is 0 Å². The van der Waals surface area contributed by atoms with Crippen molar-refractivity contribution < 1.29 is 9.90 Å². The standard InChI is InChI=1S/C23H25N7O2/c1-14-24-21(30(29-14)22-26-17-9-5-6-10-18(17)27-22)15-11-12-20(31)19(13-15)28-23(32)25-16-7-3-2-4-8-16/h2-10,15,19-20,31H,11-13H2,1H3,(H,26,27)(H2,25,28,32)/t15-,19+,20+/m0/s1. The monoisotopic (exact) mass is 431 g/mol. The molecule has 32 heavy (non-hydrogen) atoms. The lowest BCUT2D eigenvalue weighted by Gasteiger charge is -2.33. The summed E-state index contributed by atoms with van der Waals surface area (Å²) in [5, 5.41) is 20.8. The normalized spacial score (nSPS) is 20.9. The van der Waals surface area contributed by atoms with E-state index in [1.807, 2.05) is 61.5 Å². The minimum Gasteiger partial charge on any atom is -0.391 e. The summed E-state index contributed by atoms with van der Waals surface area (Å²) < 4.78 is 1.75. The molecule has 0 aliphatic heterocycles. The molecule has 9 heteroatoms. The van der Waals surface area contributed by atoms with E-state index in [0.717, 1.165) is 23.3 Å². The number of nitrogens with zero attached hydrogens (tertiary/aromatic N) is 4. The van der Waals surface area contributed by atoms with Crippen molar-refractivity contribution in [1.82, 2.24) is 30.0 Å². The van der Waals surface area contributed by atoms with Crippen LogP contribution in [0.1, 0.15) is 36.8 Å². The Balaban J connectivity index is 1.35. The molecule has 0 unspecified atom stereocenters. The molecule has 0 bridgehead atoms. The first-order chi connectivity index (χ1) is 15.6. The molecule has 5 rings (SSSR count). The Morgan fingerprint density at radius 1 is 1.09 bits per heavy atom. The van der Waals surface area contributed by atoms with Gasteiger partial charge in [-0.15, -0.1) is 5.10 Å². The van der Waals surface area contributed by atoms with E-state index in [1.165, 1.54) is 0 Å². The van der Waals surface area contributed by atoms with E-state index in [-0.39, 0.29) is 11.9 Å². The molecule has 2 heterocycles. The number of carbonyl (C=O) groups excluding carboxylic acids is 1. The molecule has 3 atom stereocenters. The highest BCUT2D eigenvalue weighted by molar-refractivity contribution is 5.89. The minimum atomic E-state index is -0.614. The van der Waals surface area contributed by atoms with Crippen LogP contribution in [-0.4, -0.2) is 48.0 Å². The summed E-state index contributed by atoms with van der Waals surface area (Å²) in [5.41, 5.74) is 2.49. The van der Waals surface area contributed by atoms with E-state index in [1.54, 1.807) is 4.68 Å². The van der Waals surface area contributed by atoms with Crippen LogP contribution >= 0.6 is 0 Å². The number of H-pyrrole nitrogens is 1. The quantitative estimate of drug-likeness (QED) is 0.395. The van der Waals surface area contributed by atoms with Crippen molar-refractivity contribution in [2.45, 2.75) is 44.2 Å². The van der Waals surface area contributed by atoms with E-state index in [4.69, 9.17) is 0 Å². The van der Waals surface area contributed by atoms with Crippen molar-refractivity contribution in [2.24, 2.45) is 0 Å². The number of imidazole rings is 1. The van der Waals surface area contributed by atoms with E-state index in [0.29, 0.717) is 30.3 Å². The molecule has 1 saturated carbocycles. The molecule has 0 saturated heterocycles. The van der Waals surface area contributed by atoms with Gasteiger partial charge in [-0.05, 0) is 50.5 Å². The molecule has 9 nitrogen and oxygen atoms in total. The second kappa shape index (κ2) is 8.43. The van der Waals surface area contributed by atoms with Gasteiger partial charge in [-0.2, -0.15) is 4.68 Å². The molecule has 2 aromatic heterocycles. The van der Waals surface area contributed by atoms with Gasteiger partial charge < -0.3 is 20.7 Å². The summed E-state index contributed by atoms with van der Waals surface area (Å²) in [6.45, 7) is 1.85. The number of hydrogen-bond donors (Lipinski definition) is 4. The van der Waals surface area contributed by atoms with Gasteiger partial charge in [-0.3, -0.25) is 0 Å². The van der Waals surface area contributed by atoms with Crippen molar-refractivity contribution in [3.8, 4) is 5.95 Å². The lowest BCUT2D eigenvalue weighted by atomic mass is 9.83. The molecular weight excluding hydrogens is 406 g/mol. The Kier molecular flexibility index (Phi) is 5.32. The maximum atomic E-state index is 12.5. The SMILES string of the molecule is Cc1nc([C@H]2CC[C@@H](O)[C@H](NC(=O)Nc3ccccc3)C2)n(-c2nc3ccccc3[nH]2)n1. The zero-order valence-electron chi connectivity index (χ0n) is 17.7. The Morgan fingerprint density at radius 2 is 1.88 bits per heavy atom. The number of hydrogen-bond acceptors (Lipinski definition) is 5. The van der Waals surface area contributed by atoms with Crippen LogP contribution in [0.3, 0.4) is 0 Å². The Labute approximate surface area is 184 Å². The first kappa shape index (κ1) is 20.2. The van der Waals surface area contributed by atoms with Gasteiger partial charge in [0.15, 0.2) is 0 Å². The van der Waals surface area contributed by atoms with Crippen molar-refractivity contribution in [3.05, 3.63) is 66.2 Å². The van der Waals surface area contributed by atoms with Crippen LogP contribution in [0.4, 0.5) is 10.5 Å². The van der Waals surface area contributed by atoms with Gasteiger partial charge in [0.25, 0.3) is 0 Å². The van der Waals surface area contributed by atoms with Gasteiger partial charge in [0.2, 0.25) is 5.95 Å². The van der Waals surface area contributed by atoms with E-state index in [2.05, 4.69) is 30.7 Å². The molecule has 2 amide bonds. The highest BCUT2D eigenvalue weighted by Gasteiger charge is 2.34. The highest BCUT2D eigenvalue weighted by atomic mass is 16.3. The Morgan fingerprint density at radius 3 is 2.69 bits per heavy atom. The summed E-state index contributed by atoms with van der Waals surface area (Å²) in [6.07, 6.45) is 1.25. The highest BCUT2D eigenvalue weighted by Crippen LogP contribution is 2.33. The zero-order valence-corrected chi connectivity index (χ0v) is 17.7. The summed E-state index contributed by atoms with van der Waals surface area (Å²) >= 11 is 0. The van der Waals surface area contributed by atoms with Crippen molar-refractivity contribution in [1.29, 1.82) is 0 Å². The number of fused-ring (bicyclic) bond motifs is 1. The third-order valence-electron chi connectivity index (χ3n) is 5.84.